The standard InChI is InChI=1S/C18H20BrN3O6S/c1-22(29(25,26)17-9-14(27-2)5-7-16(17)28-3)11-18(24)21-20-10-12-8-13(19)4-6-15(12)23/h4-10,23H,11H2,1-3H3,(H,21,24)/b20-10+. The van der Waals surface area contributed by atoms with Gasteiger partial charge < -0.3 is 14.6 Å². The number of nitrogens with zero attached hydrogens (tertiary/aromatic N) is 2. The first kappa shape index (κ1) is 22.7. The Kier molecular flexibility index (Phi) is 7.59. The predicted octanol–water partition coefficient (Wildman–Crippen LogP) is 1.94. The van der Waals surface area contributed by atoms with Crippen LogP contribution in [0.15, 0.2) is 50.9 Å². The lowest BCUT2D eigenvalue weighted by molar-refractivity contribution is -0.121. The second-order valence-corrected chi connectivity index (χ2v) is 8.70. The fourth-order valence-electron chi connectivity index (χ4n) is 2.28. The fourth-order valence-corrected chi connectivity index (χ4v) is 3.95. The van der Waals surface area contributed by atoms with Crippen LogP contribution < -0.4 is 14.9 Å². The number of amides is 1. The molecule has 2 aromatic carbocycles. The van der Waals surface area contributed by atoms with Crippen LogP contribution in [0.2, 0.25) is 0 Å². The van der Waals surface area contributed by atoms with Gasteiger partial charge in [0.1, 0.15) is 22.1 Å². The van der Waals surface area contributed by atoms with Gasteiger partial charge >= 0.3 is 0 Å². The van der Waals surface area contributed by atoms with Crippen LogP contribution in [0.5, 0.6) is 17.2 Å². The number of aromatic hydroxyl groups is 1. The van der Waals surface area contributed by atoms with Crippen molar-refractivity contribution in [2.24, 2.45) is 5.10 Å². The second kappa shape index (κ2) is 9.72. The van der Waals surface area contributed by atoms with Gasteiger partial charge in [-0.05, 0) is 30.3 Å². The Bertz CT molecular complexity index is 1030. The van der Waals surface area contributed by atoms with Crippen LogP contribution in [0.4, 0.5) is 0 Å². The van der Waals surface area contributed by atoms with Gasteiger partial charge in [-0.2, -0.15) is 9.41 Å². The van der Waals surface area contributed by atoms with Crippen molar-refractivity contribution >= 4 is 38.1 Å². The molecule has 0 spiro atoms. The van der Waals surface area contributed by atoms with E-state index >= 15 is 0 Å². The van der Waals surface area contributed by atoms with Gasteiger partial charge in [0.05, 0.1) is 27.0 Å². The Hall–Kier alpha value is -2.63. The molecule has 0 aliphatic carbocycles. The highest BCUT2D eigenvalue weighted by Crippen LogP contribution is 2.30. The summed E-state index contributed by atoms with van der Waals surface area (Å²) in [5, 5.41) is 13.5. The van der Waals surface area contributed by atoms with Crippen LogP contribution >= 0.6 is 15.9 Å². The minimum Gasteiger partial charge on any atom is -0.507 e. The number of phenolic OH excluding ortho intramolecular Hbond substituents is 1. The average molecular weight is 486 g/mol. The molecule has 0 saturated carbocycles. The summed E-state index contributed by atoms with van der Waals surface area (Å²) in [4.78, 5) is 12.0. The number of likely N-dealkylation sites (N-methyl/N-ethyl adjacent to an activating group) is 1. The summed E-state index contributed by atoms with van der Waals surface area (Å²) in [6.07, 6.45) is 1.25. The van der Waals surface area contributed by atoms with Gasteiger partial charge in [-0.1, -0.05) is 15.9 Å². The molecule has 0 bridgehead atoms. The maximum Gasteiger partial charge on any atom is 0.255 e. The number of carbonyl (C=O) groups excluding carboxylic acids is 1. The summed E-state index contributed by atoms with van der Waals surface area (Å²) in [5.74, 6) is -0.221. The van der Waals surface area contributed by atoms with Crippen LogP contribution in [0.1, 0.15) is 5.56 Å². The molecule has 1 amide bonds. The number of ether oxygens (including phenoxy) is 2. The number of rotatable bonds is 8. The summed E-state index contributed by atoms with van der Waals surface area (Å²) in [5.41, 5.74) is 2.60. The van der Waals surface area contributed by atoms with Crippen LogP contribution in [0.3, 0.4) is 0 Å². The topological polar surface area (TPSA) is 118 Å². The third kappa shape index (κ3) is 5.68. The third-order valence-electron chi connectivity index (χ3n) is 3.81. The van der Waals surface area contributed by atoms with Crippen molar-refractivity contribution in [3.63, 3.8) is 0 Å². The summed E-state index contributed by atoms with van der Waals surface area (Å²) in [6.45, 7) is -0.482. The number of sulfonamides is 1. The maximum absolute atomic E-state index is 12.8. The summed E-state index contributed by atoms with van der Waals surface area (Å²) in [7, 11) is -0.00794. The number of carbonyl (C=O) groups is 1. The SMILES string of the molecule is COc1ccc(OC)c(S(=O)(=O)N(C)CC(=O)N/N=C/c2cc(Br)ccc2O)c1. The van der Waals surface area contributed by atoms with Crippen LogP contribution in [0.25, 0.3) is 0 Å². The van der Waals surface area contributed by atoms with Crippen molar-refractivity contribution in [2.45, 2.75) is 4.90 Å². The van der Waals surface area contributed by atoms with E-state index in [4.69, 9.17) is 9.47 Å². The van der Waals surface area contributed by atoms with Gasteiger partial charge in [0.2, 0.25) is 10.0 Å². The molecule has 0 fully saturated rings. The monoisotopic (exact) mass is 485 g/mol. The normalized spacial score (nSPS) is 11.6. The van der Waals surface area contributed by atoms with Gasteiger partial charge in [0.15, 0.2) is 0 Å². The second-order valence-electron chi connectivity index (χ2n) is 5.77. The highest BCUT2D eigenvalue weighted by atomic mass is 79.9. The van der Waals surface area contributed by atoms with Gasteiger partial charge in [-0.15, -0.1) is 0 Å². The lowest BCUT2D eigenvalue weighted by Crippen LogP contribution is -2.36. The number of methoxy groups -OCH3 is 2. The summed E-state index contributed by atoms with van der Waals surface area (Å²) in [6, 6.07) is 9.07. The van der Waals surface area contributed by atoms with E-state index in [-0.39, 0.29) is 16.4 Å². The summed E-state index contributed by atoms with van der Waals surface area (Å²) >= 11 is 3.26. The average Bonchev–Trinajstić information content (AvgIpc) is 2.69. The minimum absolute atomic E-state index is 0.0176. The van der Waals surface area contributed by atoms with Crippen molar-refractivity contribution < 1.29 is 27.8 Å². The number of phenols is 1. The predicted molar refractivity (Wildman–Crippen MR) is 111 cm³/mol. The zero-order valence-electron chi connectivity index (χ0n) is 15.9. The zero-order chi connectivity index (χ0) is 21.6. The first-order chi connectivity index (χ1) is 13.7. The van der Waals surface area contributed by atoms with E-state index in [0.717, 1.165) is 8.78 Å². The molecule has 0 saturated heterocycles. The molecule has 0 unspecified atom stereocenters. The lowest BCUT2D eigenvalue weighted by Gasteiger charge is -2.18. The molecule has 2 N–H and O–H groups in total. The molecule has 0 aliphatic rings. The molecule has 2 aromatic rings. The molecule has 11 heteroatoms. The van der Waals surface area contributed by atoms with E-state index in [9.17, 15) is 18.3 Å². The Labute approximate surface area is 177 Å². The van der Waals surface area contributed by atoms with Crippen molar-refractivity contribution in [2.75, 3.05) is 27.8 Å². The lowest BCUT2D eigenvalue weighted by atomic mass is 10.2. The van der Waals surface area contributed by atoms with Crippen LogP contribution in [-0.2, 0) is 14.8 Å². The molecule has 2 rings (SSSR count). The first-order valence-corrected chi connectivity index (χ1v) is 10.4. The van der Waals surface area contributed by atoms with Crippen molar-refractivity contribution in [3.8, 4) is 17.2 Å². The number of hydrogen-bond acceptors (Lipinski definition) is 7. The highest BCUT2D eigenvalue weighted by Gasteiger charge is 2.27. The van der Waals surface area contributed by atoms with E-state index in [1.807, 2.05) is 0 Å². The zero-order valence-corrected chi connectivity index (χ0v) is 18.3. The van der Waals surface area contributed by atoms with E-state index < -0.39 is 22.5 Å². The number of hydrazone groups is 1. The molecule has 0 radical (unpaired) electrons. The Morgan fingerprint density at radius 1 is 1.24 bits per heavy atom. The molecule has 29 heavy (non-hydrogen) atoms. The van der Waals surface area contributed by atoms with Gasteiger partial charge in [0.25, 0.3) is 5.91 Å². The molecule has 9 nitrogen and oxygen atoms in total. The quantitative estimate of drug-likeness (QED) is 0.435. The smallest absolute Gasteiger partial charge is 0.255 e. The van der Waals surface area contributed by atoms with Crippen LogP contribution in [0, 0.1) is 0 Å². The number of halogens is 1. The third-order valence-corrected chi connectivity index (χ3v) is 6.13. The largest absolute Gasteiger partial charge is 0.507 e. The Morgan fingerprint density at radius 2 is 1.97 bits per heavy atom. The molecule has 0 heterocycles. The van der Waals surface area contributed by atoms with E-state index in [1.165, 1.54) is 45.7 Å². The number of nitrogens with one attached hydrogen (secondary N) is 1. The molecule has 0 aliphatic heterocycles. The first-order valence-electron chi connectivity index (χ1n) is 8.18. The molecule has 0 aromatic heterocycles. The Balaban J connectivity index is 2.10. The number of hydrogen-bond donors (Lipinski definition) is 2. The van der Waals surface area contributed by atoms with Crippen LogP contribution in [-0.4, -0.2) is 57.8 Å². The van der Waals surface area contributed by atoms with Crippen molar-refractivity contribution in [1.82, 2.24) is 9.73 Å². The molecular weight excluding hydrogens is 466 g/mol. The van der Waals surface area contributed by atoms with Gasteiger partial charge in [-0.3, -0.25) is 4.79 Å². The minimum atomic E-state index is -4.03. The van der Waals surface area contributed by atoms with Gasteiger partial charge in [0, 0.05) is 23.2 Å². The van der Waals surface area contributed by atoms with Gasteiger partial charge in [-0.25, -0.2) is 13.8 Å². The summed E-state index contributed by atoms with van der Waals surface area (Å²) < 4.78 is 37.4. The van der Waals surface area contributed by atoms with Crippen molar-refractivity contribution in [3.05, 3.63) is 46.4 Å². The molecule has 156 valence electrons. The van der Waals surface area contributed by atoms with E-state index in [0.29, 0.717) is 11.3 Å². The Morgan fingerprint density at radius 3 is 2.62 bits per heavy atom. The highest BCUT2D eigenvalue weighted by molar-refractivity contribution is 9.10. The molecular formula is C18H20BrN3O6S. The van der Waals surface area contributed by atoms with Crippen molar-refractivity contribution in [1.29, 1.82) is 0 Å². The number of benzene rings is 2. The molecule has 0 atom stereocenters. The fraction of sp³-hybridized carbons (Fsp3) is 0.222. The van der Waals surface area contributed by atoms with E-state index in [2.05, 4.69) is 26.5 Å². The maximum atomic E-state index is 12.8. The van der Waals surface area contributed by atoms with E-state index in [1.54, 1.807) is 18.2 Å².